The molecule has 1 aliphatic carbocycles. The summed E-state index contributed by atoms with van der Waals surface area (Å²) in [4.78, 5) is 0. The van der Waals surface area contributed by atoms with Crippen molar-refractivity contribution < 1.29 is 4.52 Å². The Bertz CT molecular complexity index is 301. The Morgan fingerprint density at radius 1 is 1.42 bits per heavy atom. The van der Waals surface area contributed by atoms with E-state index in [1.54, 1.807) is 0 Å². The molecule has 2 heterocycles. The van der Waals surface area contributed by atoms with E-state index in [0.717, 1.165) is 31.2 Å². The van der Waals surface area contributed by atoms with Gasteiger partial charge in [-0.1, -0.05) is 5.16 Å². The monoisotopic (exact) mass is 164 g/mol. The highest BCUT2D eigenvalue weighted by Gasteiger charge is 2.31. The lowest BCUT2D eigenvalue weighted by atomic mass is 10.0. The molecule has 3 heteroatoms. The van der Waals surface area contributed by atoms with E-state index >= 15 is 0 Å². The Morgan fingerprint density at radius 2 is 2.33 bits per heavy atom. The minimum Gasteiger partial charge on any atom is -0.359 e. The quantitative estimate of drug-likeness (QED) is 0.677. The van der Waals surface area contributed by atoms with Crippen LogP contribution >= 0.6 is 0 Å². The van der Waals surface area contributed by atoms with Crippen molar-refractivity contribution in [3.63, 3.8) is 0 Å². The maximum Gasteiger partial charge on any atom is 0.153 e. The van der Waals surface area contributed by atoms with Crippen molar-refractivity contribution in [1.82, 2.24) is 10.5 Å². The van der Waals surface area contributed by atoms with Gasteiger partial charge in [0.2, 0.25) is 0 Å². The number of nitrogens with zero attached hydrogens (tertiary/aromatic N) is 1. The van der Waals surface area contributed by atoms with E-state index in [2.05, 4.69) is 10.5 Å². The highest BCUT2D eigenvalue weighted by Crippen LogP contribution is 2.42. The first kappa shape index (κ1) is 6.66. The number of rotatable bonds is 1. The van der Waals surface area contributed by atoms with E-state index in [9.17, 15) is 0 Å². The zero-order chi connectivity index (χ0) is 7.97. The molecule has 0 aromatic carbocycles. The Morgan fingerprint density at radius 3 is 3.17 bits per heavy atom. The van der Waals surface area contributed by atoms with Crippen LogP contribution in [0.2, 0.25) is 0 Å². The molecule has 0 saturated heterocycles. The van der Waals surface area contributed by atoms with E-state index in [1.807, 2.05) is 0 Å². The summed E-state index contributed by atoms with van der Waals surface area (Å²) in [5.74, 6) is 1.80. The highest BCUT2D eigenvalue weighted by atomic mass is 16.5. The van der Waals surface area contributed by atoms with Crippen molar-refractivity contribution in [3.8, 4) is 0 Å². The summed E-state index contributed by atoms with van der Waals surface area (Å²) in [7, 11) is 0. The predicted octanol–water partition coefficient (Wildman–Crippen LogP) is 1.20. The van der Waals surface area contributed by atoms with Crippen molar-refractivity contribution in [1.29, 1.82) is 0 Å². The molecule has 0 amide bonds. The molecule has 1 saturated carbocycles. The standard InChI is InChI=1S/C9H12N2O/c1-2-6(1)9-7-3-4-10-5-8(7)12-11-9/h6,10H,1-5H2. The predicted molar refractivity (Wildman–Crippen MR) is 43.9 cm³/mol. The first-order chi connectivity index (χ1) is 5.95. The molecular formula is C9H12N2O. The minimum absolute atomic E-state index is 0.732. The van der Waals surface area contributed by atoms with Crippen LogP contribution in [0.15, 0.2) is 4.52 Å². The molecular weight excluding hydrogens is 152 g/mol. The van der Waals surface area contributed by atoms with Crippen LogP contribution in [0.4, 0.5) is 0 Å². The van der Waals surface area contributed by atoms with E-state index in [4.69, 9.17) is 4.52 Å². The molecule has 1 aromatic heterocycles. The van der Waals surface area contributed by atoms with Gasteiger partial charge < -0.3 is 9.84 Å². The largest absolute Gasteiger partial charge is 0.359 e. The normalized spacial score (nSPS) is 22.3. The van der Waals surface area contributed by atoms with Gasteiger partial charge in [0, 0.05) is 11.5 Å². The first-order valence-corrected chi connectivity index (χ1v) is 4.63. The lowest BCUT2D eigenvalue weighted by molar-refractivity contribution is 0.362. The van der Waals surface area contributed by atoms with E-state index in [-0.39, 0.29) is 0 Å². The number of hydrogen-bond donors (Lipinski definition) is 1. The van der Waals surface area contributed by atoms with Gasteiger partial charge >= 0.3 is 0 Å². The summed E-state index contributed by atoms with van der Waals surface area (Å²) in [6.45, 7) is 1.95. The smallest absolute Gasteiger partial charge is 0.153 e. The van der Waals surface area contributed by atoms with Crippen LogP contribution in [0.5, 0.6) is 0 Å². The van der Waals surface area contributed by atoms with Gasteiger partial charge in [-0.25, -0.2) is 0 Å². The Hall–Kier alpha value is -0.830. The van der Waals surface area contributed by atoms with Crippen LogP contribution in [-0.4, -0.2) is 11.7 Å². The van der Waals surface area contributed by atoms with Gasteiger partial charge in [-0.05, 0) is 25.8 Å². The molecule has 1 N–H and O–H groups in total. The second-order valence-electron chi connectivity index (χ2n) is 3.67. The third-order valence-electron chi connectivity index (χ3n) is 2.70. The van der Waals surface area contributed by atoms with Crippen LogP contribution < -0.4 is 5.32 Å². The molecule has 3 rings (SSSR count). The minimum atomic E-state index is 0.732. The van der Waals surface area contributed by atoms with Crippen molar-refractivity contribution in [3.05, 3.63) is 17.0 Å². The summed E-state index contributed by atoms with van der Waals surface area (Å²) in [5, 5.41) is 7.42. The molecule has 1 aromatic rings. The van der Waals surface area contributed by atoms with Crippen LogP contribution in [0.1, 0.15) is 35.8 Å². The lowest BCUT2D eigenvalue weighted by Gasteiger charge is -2.10. The summed E-state index contributed by atoms with van der Waals surface area (Å²) in [6.07, 6.45) is 3.73. The van der Waals surface area contributed by atoms with Gasteiger partial charge in [-0.15, -0.1) is 0 Å². The fraction of sp³-hybridized carbons (Fsp3) is 0.667. The van der Waals surface area contributed by atoms with Gasteiger partial charge in [0.25, 0.3) is 0 Å². The molecule has 0 radical (unpaired) electrons. The fourth-order valence-electron chi connectivity index (χ4n) is 1.86. The summed E-state index contributed by atoms with van der Waals surface area (Å²) >= 11 is 0. The second-order valence-corrected chi connectivity index (χ2v) is 3.67. The third-order valence-corrected chi connectivity index (χ3v) is 2.70. The Balaban J connectivity index is 2.03. The van der Waals surface area contributed by atoms with Crippen molar-refractivity contribution in [2.24, 2.45) is 0 Å². The average molecular weight is 164 g/mol. The van der Waals surface area contributed by atoms with Crippen molar-refractivity contribution in [2.75, 3.05) is 6.54 Å². The molecule has 1 fully saturated rings. The zero-order valence-electron chi connectivity index (χ0n) is 6.97. The van der Waals surface area contributed by atoms with Gasteiger partial charge in [-0.2, -0.15) is 0 Å². The number of hydrogen-bond acceptors (Lipinski definition) is 3. The zero-order valence-corrected chi connectivity index (χ0v) is 6.97. The van der Waals surface area contributed by atoms with Crippen LogP contribution in [0.25, 0.3) is 0 Å². The molecule has 12 heavy (non-hydrogen) atoms. The topological polar surface area (TPSA) is 38.1 Å². The van der Waals surface area contributed by atoms with Crippen molar-refractivity contribution >= 4 is 0 Å². The SMILES string of the molecule is C1Cc2c(C3CC3)noc2CN1. The molecule has 0 bridgehead atoms. The maximum absolute atomic E-state index is 5.28. The molecule has 2 aliphatic rings. The van der Waals surface area contributed by atoms with E-state index < -0.39 is 0 Å². The summed E-state index contributed by atoms with van der Waals surface area (Å²) < 4.78 is 5.28. The number of aromatic nitrogens is 1. The maximum atomic E-state index is 5.28. The molecule has 1 aliphatic heterocycles. The summed E-state index contributed by atoms with van der Waals surface area (Å²) in [5.41, 5.74) is 2.66. The molecule has 3 nitrogen and oxygen atoms in total. The van der Waals surface area contributed by atoms with Gasteiger partial charge in [0.05, 0.1) is 12.2 Å². The van der Waals surface area contributed by atoms with Gasteiger partial charge in [-0.3, -0.25) is 0 Å². The van der Waals surface area contributed by atoms with Gasteiger partial charge in [0.15, 0.2) is 5.76 Å². The lowest BCUT2D eigenvalue weighted by Crippen LogP contribution is -2.22. The summed E-state index contributed by atoms with van der Waals surface area (Å²) in [6, 6.07) is 0. The van der Waals surface area contributed by atoms with E-state index in [1.165, 1.54) is 24.1 Å². The van der Waals surface area contributed by atoms with Gasteiger partial charge in [0.1, 0.15) is 0 Å². The molecule has 64 valence electrons. The molecule has 0 unspecified atom stereocenters. The highest BCUT2D eigenvalue weighted by molar-refractivity contribution is 5.30. The second kappa shape index (κ2) is 2.33. The molecule has 0 atom stereocenters. The fourth-order valence-corrected chi connectivity index (χ4v) is 1.86. The van der Waals surface area contributed by atoms with Crippen LogP contribution in [0.3, 0.4) is 0 Å². The molecule has 0 spiro atoms. The van der Waals surface area contributed by atoms with Crippen LogP contribution in [-0.2, 0) is 13.0 Å². The van der Waals surface area contributed by atoms with E-state index in [0.29, 0.717) is 0 Å². The Labute approximate surface area is 71.1 Å². The Kier molecular flexibility index (Phi) is 1.29. The van der Waals surface area contributed by atoms with Crippen molar-refractivity contribution in [2.45, 2.75) is 31.7 Å². The number of fused-ring (bicyclic) bond motifs is 1. The number of nitrogens with one attached hydrogen (secondary N) is 1. The first-order valence-electron chi connectivity index (χ1n) is 4.63. The van der Waals surface area contributed by atoms with Crippen LogP contribution in [0, 0.1) is 0 Å². The average Bonchev–Trinajstić information content (AvgIpc) is 2.86. The third kappa shape index (κ3) is 0.894.